The highest BCUT2D eigenvalue weighted by atomic mass is 16.5. The molecule has 0 spiro atoms. The topological polar surface area (TPSA) is 38.8 Å². The molecular formula is C24H21NO3. The Balaban J connectivity index is 1.99. The molecule has 0 radical (unpaired) electrons. The van der Waals surface area contributed by atoms with Crippen LogP contribution in [0, 0.1) is 0 Å². The second-order valence-corrected chi connectivity index (χ2v) is 6.59. The first-order valence-electron chi connectivity index (χ1n) is 9.04. The van der Waals surface area contributed by atoms with E-state index in [0.29, 0.717) is 5.57 Å². The first-order valence-corrected chi connectivity index (χ1v) is 9.04. The minimum absolute atomic E-state index is 0.0113. The predicted molar refractivity (Wildman–Crippen MR) is 112 cm³/mol. The number of para-hydroxylation sites is 1. The van der Waals surface area contributed by atoms with Crippen molar-refractivity contribution < 1.29 is 14.3 Å². The van der Waals surface area contributed by atoms with Gasteiger partial charge in [-0.25, -0.2) is 0 Å². The summed E-state index contributed by atoms with van der Waals surface area (Å²) in [7, 11) is 5.10. The number of nitrogens with zero attached hydrogens (tertiary/aromatic N) is 1. The number of methoxy groups -OCH3 is 2. The Morgan fingerprint density at radius 2 is 1.25 bits per heavy atom. The van der Waals surface area contributed by atoms with Crippen LogP contribution >= 0.6 is 0 Å². The highest BCUT2D eigenvalue weighted by Gasteiger charge is 2.32. The molecule has 4 rings (SSSR count). The summed E-state index contributed by atoms with van der Waals surface area (Å²) in [4.78, 5) is 14.9. The smallest absolute Gasteiger partial charge is 0.259 e. The number of likely N-dealkylation sites (N-methyl/N-ethyl adjacent to an activating group) is 1. The van der Waals surface area contributed by atoms with E-state index in [2.05, 4.69) is 0 Å². The van der Waals surface area contributed by atoms with Crippen molar-refractivity contribution in [1.82, 2.24) is 0 Å². The number of carbonyl (C=O) groups is 1. The predicted octanol–water partition coefficient (Wildman–Crippen LogP) is 4.64. The summed E-state index contributed by atoms with van der Waals surface area (Å²) >= 11 is 0. The lowest BCUT2D eigenvalue weighted by molar-refractivity contribution is -0.112. The molecule has 3 aromatic carbocycles. The molecule has 0 fully saturated rings. The second kappa shape index (κ2) is 7.24. The van der Waals surface area contributed by atoms with Crippen molar-refractivity contribution in [3.8, 4) is 11.5 Å². The monoisotopic (exact) mass is 371 g/mol. The number of amides is 1. The van der Waals surface area contributed by atoms with Crippen LogP contribution in [0.25, 0.3) is 11.1 Å². The normalized spacial score (nSPS) is 12.8. The first kappa shape index (κ1) is 17.9. The largest absolute Gasteiger partial charge is 0.497 e. The summed E-state index contributed by atoms with van der Waals surface area (Å²) in [5.41, 5.74) is 5.37. The van der Waals surface area contributed by atoms with Gasteiger partial charge in [0.25, 0.3) is 5.91 Å². The van der Waals surface area contributed by atoms with Gasteiger partial charge in [-0.15, -0.1) is 0 Å². The molecule has 0 unspecified atom stereocenters. The molecule has 1 heterocycles. The second-order valence-electron chi connectivity index (χ2n) is 6.59. The van der Waals surface area contributed by atoms with Crippen LogP contribution in [0.2, 0.25) is 0 Å². The van der Waals surface area contributed by atoms with E-state index in [1.807, 2.05) is 79.8 Å². The van der Waals surface area contributed by atoms with E-state index in [-0.39, 0.29) is 5.91 Å². The van der Waals surface area contributed by atoms with Crippen molar-refractivity contribution >= 4 is 22.7 Å². The van der Waals surface area contributed by atoms with Crippen molar-refractivity contribution in [3.63, 3.8) is 0 Å². The van der Waals surface area contributed by atoms with Crippen molar-refractivity contribution in [3.05, 3.63) is 89.5 Å². The van der Waals surface area contributed by atoms with Crippen molar-refractivity contribution in [2.24, 2.45) is 0 Å². The standard InChI is InChI=1S/C24H21NO3/c1-25-21-7-5-4-6-20(21)23(24(25)26)22(16-8-12-18(27-2)13-9-16)17-10-14-19(28-3)15-11-17/h4-15H,1-3H3. The third kappa shape index (κ3) is 2.93. The van der Waals surface area contributed by atoms with Gasteiger partial charge >= 0.3 is 0 Å². The number of hydrogen-bond donors (Lipinski definition) is 0. The van der Waals surface area contributed by atoms with Crippen molar-refractivity contribution in [2.45, 2.75) is 0 Å². The maximum Gasteiger partial charge on any atom is 0.259 e. The van der Waals surface area contributed by atoms with Crippen LogP contribution in [0.4, 0.5) is 5.69 Å². The molecule has 140 valence electrons. The van der Waals surface area contributed by atoms with Gasteiger partial charge in [-0.2, -0.15) is 0 Å². The quantitative estimate of drug-likeness (QED) is 0.627. The van der Waals surface area contributed by atoms with Crippen molar-refractivity contribution in [1.29, 1.82) is 0 Å². The number of carbonyl (C=O) groups excluding carboxylic acids is 1. The summed E-state index contributed by atoms with van der Waals surface area (Å²) in [6, 6.07) is 23.5. The van der Waals surface area contributed by atoms with Crippen LogP contribution in [0.15, 0.2) is 72.8 Å². The molecule has 4 nitrogen and oxygen atoms in total. The van der Waals surface area contributed by atoms with Gasteiger partial charge in [0.1, 0.15) is 11.5 Å². The fraction of sp³-hybridized carbons (Fsp3) is 0.125. The number of fused-ring (bicyclic) bond motifs is 1. The number of anilines is 1. The van der Waals surface area contributed by atoms with Crippen LogP contribution in [0.5, 0.6) is 11.5 Å². The van der Waals surface area contributed by atoms with Gasteiger partial charge in [0, 0.05) is 18.2 Å². The molecule has 1 aliphatic heterocycles. The Bertz CT molecular complexity index is 1000. The summed E-state index contributed by atoms with van der Waals surface area (Å²) in [6.45, 7) is 0. The van der Waals surface area contributed by atoms with Gasteiger partial charge in [0.05, 0.1) is 25.5 Å². The molecule has 0 saturated carbocycles. The SMILES string of the molecule is COc1ccc(C(=C2C(=O)N(C)c3ccccc32)c2ccc(OC)cc2)cc1. The maximum absolute atomic E-state index is 13.2. The molecule has 28 heavy (non-hydrogen) atoms. The third-order valence-electron chi connectivity index (χ3n) is 5.06. The van der Waals surface area contributed by atoms with Gasteiger partial charge < -0.3 is 14.4 Å². The van der Waals surface area contributed by atoms with Crippen LogP contribution < -0.4 is 14.4 Å². The average Bonchev–Trinajstić information content (AvgIpc) is 3.00. The zero-order valence-corrected chi connectivity index (χ0v) is 16.1. The number of ether oxygens (including phenoxy) is 2. The molecule has 3 aromatic rings. The van der Waals surface area contributed by atoms with Crippen LogP contribution in [0.1, 0.15) is 16.7 Å². The van der Waals surface area contributed by atoms with E-state index in [1.165, 1.54) is 0 Å². The minimum Gasteiger partial charge on any atom is -0.497 e. The summed E-state index contributed by atoms with van der Waals surface area (Å²) < 4.78 is 10.6. The molecule has 0 aliphatic carbocycles. The van der Waals surface area contributed by atoms with Gasteiger partial charge in [0.15, 0.2) is 0 Å². The lowest BCUT2D eigenvalue weighted by Gasteiger charge is -2.14. The van der Waals surface area contributed by atoms with Crippen LogP contribution in [0.3, 0.4) is 0 Å². The zero-order chi connectivity index (χ0) is 19.7. The van der Waals surface area contributed by atoms with Gasteiger partial charge in [-0.05, 0) is 41.5 Å². The fourth-order valence-corrected chi connectivity index (χ4v) is 3.58. The first-order chi connectivity index (χ1) is 13.6. The highest BCUT2D eigenvalue weighted by Crippen LogP contribution is 2.42. The molecule has 0 bridgehead atoms. The Hall–Kier alpha value is -3.53. The lowest BCUT2D eigenvalue weighted by Crippen LogP contribution is -2.20. The van der Waals surface area contributed by atoms with Gasteiger partial charge in [0.2, 0.25) is 0 Å². The van der Waals surface area contributed by atoms with Gasteiger partial charge in [-0.3, -0.25) is 4.79 Å². The molecule has 1 amide bonds. The van der Waals surface area contributed by atoms with Crippen molar-refractivity contribution in [2.75, 3.05) is 26.2 Å². The fourth-order valence-electron chi connectivity index (χ4n) is 3.58. The third-order valence-corrected chi connectivity index (χ3v) is 5.06. The Labute approximate surface area is 164 Å². The number of benzene rings is 3. The van der Waals surface area contributed by atoms with E-state index in [9.17, 15) is 4.79 Å². The van der Waals surface area contributed by atoms with Crippen LogP contribution in [-0.4, -0.2) is 27.2 Å². The Morgan fingerprint density at radius 1 is 0.750 bits per heavy atom. The highest BCUT2D eigenvalue weighted by molar-refractivity contribution is 6.38. The summed E-state index contributed by atoms with van der Waals surface area (Å²) in [5, 5.41) is 0. The molecule has 0 aromatic heterocycles. The Morgan fingerprint density at radius 3 is 1.75 bits per heavy atom. The molecule has 1 aliphatic rings. The number of hydrogen-bond acceptors (Lipinski definition) is 3. The van der Waals surface area contributed by atoms with Crippen LogP contribution in [-0.2, 0) is 4.79 Å². The summed E-state index contributed by atoms with van der Waals surface area (Å²) in [5.74, 6) is 1.54. The lowest BCUT2D eigenvalue weighted by atomic mass is 9.90. The molecule has 4 heteroatoms. The Kier molecular flexibility index (Phi) is 4.62. The number of rotatable bonds is 4. The van der Waals surface area contributed by atoms with E-state index in [1.54, 1.807) is 19.1 Å². The zero-order valence-electron chi connectivity index (χ0n) is 16.1. The summed E-state index contributed by atoms with van der Waals surface area (Å²) in [6.07, 6.45) is 0. The van der Waals surface area contributed by atoms with E-state index < -0.39 is 0 Å². The van der Waals surface area contributed by atoms with E-state index in [0.717, 1.165) is 39.4 Å². The molecular weight excluding hydrogens is 350 g/mol. The minimum atomic E-state index is -0.0113. The van der Waals surface area contributed by atoms with E-state index >= 15 is 0 Å². The average molecular weight is 371 g/mol. The van der Waals surface area contributed by atoms with Gasteiger partial charge in [-0.1, -0.05) is 42.5 Å². The molecule has 0 saturated heterocycles. The van der Waals surface area contributed by atoms with E-state index in [4.69, 9.17) is 9.47 Å². The molecule has 0 N–H and O–H groups in total. The molecule has 0 atom stereocenters. The maximum atomic E-state index is 13.2.